The van der Waals surface area contributed by atoms with Crippen molar-refractivity contribution < 1.29 is 5.11 Å². The molecule has 0 aromatic carbocycles. The molecule has 3 heterocycles. The second kappa shape index (κ2) is 7.53. The van der Waals surface area contributed by atoms with E-state index in [0.29, 0.717) is 17.9 Å². The zero-order valence-electron chi connectivity index (χ0n) is 16.4. The molecule has 2 N–H and O–H groups in total. The van der Waals surface area contributed by atoms with Crippen LogP contribution in [0.1, 0.15) is 49.9 Å². The molecule has 146 valence electrons. The molecule has 4 rings (SSSR count). The maximum Gasteiger partial charge on any atom is 0.223 e. The largest absolute Gasteiger partial charge is 0.396 e. The van der Waals surface area contributed by atoms with Crippen molar-refractivity contribution in [3.8, 4) is 0 Å². The second-order valence-electron chi connectivity index (χ2n) is 8.38. The number of fused-ring (bicyclic) bond motifs is 1. The van der Waals surface area contributed by atoms with Crippen molar-refractivity contribution in [1.82, 2.24) is 19.3 Å². The Balaban J connectivity index is 1.56. The summed E-state index contributed by atoms with van der Waals surface area (Å²) < 4.78 is 2.40. The van der Waals surface area contributed by atoms with Crippen molar-refractivity contribution in [2.24, 2.45) is 5.41 Å². The highest BCUT2D eigenvalue weighted by atomic mass is 32.2. The van der Waals surface area contributed by atoms with E-state index >= 15 is 0 Å². The zero-order chi connectivity index (χ0) is 19.0. The van der Waals surface area contributed by atoms with Crippen LogP contribution in [0.2, 0.25) is 0 Å². The molecule has 0 spiro atoms. The zero-order valence-corrected chi connectivity index (χ0v) is 17.2. The molecule has 0 radical (unpaired) electrons. The number of aryl methyl sites for hydroxylation is 1. The summed E-state index contributed by atoms with van der Waals surface area (Å²) >= 11 is 1.82. The summed E-state index contributed by atoms with van der Waals surface area (Å²) in [4.78, 5) is 14.2. The van der Waals surface area contributed by atoms with Crippen molar-refractivity contribution in [2.45, 2.75) is 51.5 Å². The highest BCUT2D eigenvalue weighted by Gasteiger charge is 2.42. The second-order valence-corrected chi connectivity index (χ2v) is 9.27. The van der Waals surface area contributed by atoms with Crippen LogP contribution in [-0.2, 0) is 0 Å². The fourth-order valence-corrected chi connectivity index (χ4v) is 4.95. The minimum atomic E-state index is 0.0296. The van der Waals surface area contributed by atoms with Gasteiger partial charge in [-0.05, 0) is 50.3 Å². The van der Waals surface area contributed by atoms with Crippen LogP contribution in [0.25, 0.3) is 10.9 Å². The number of nitrogens with zero attached hydrogens (tertiary/aromatic N) is 4. The first kappa shape index (κ1) is 18.9. The highest BCUT2D eigenvalue weighted by molar-refractivity contribution is 7.96. The third kappa shape index (κ3) is 3.91. The number of aliphatic hydroxyl groups excluding tert-OH is 1. The number of hydrogen-bond donors (Lipinski definition) is 2. The van der Waals surface area contributed by atoms with Crippen molar-refractivity contribution in [1.29, 1.82) is 0 Å². The van der Waals surface area contributed by atoms with E-state index in [1.807, 2.05) is 25.1 Å². The van der Waals surface area contributed by atoms with Gasteiger partial charge in [-0.3, -0.25) is 9.29 Å². The Morgan fingerprint density at radius 1 is 1.30 bits per heavy atom. The molecule has 1 saturated heterocycles. The van der Waals surface area contributed by atoms with Crippen molar-refractivity contribution >= 4 is 28.8 Å². The highest BCUT2D eigenvalue weighted by Crippen LogP contribution is 2.51. The van der Waals surface area contributed by atoms with Gasteiger partial charge in [0.1, 0.15) is 0 Å². The van der Waals surface area contributed by atoms with E-state index in [4.69, 9.17) is 9.97 Å². The lowest BCUT2D eigenvalue weighted by Gasteiger charge is -2.44. The molecule has 0 atom stereocenters. The molecular formula is C20H29N5OS. The topological polar surface area (TPSA) is 74.2 Å². The van der Waals surface area contributed by atoms with Crippen LogP contribution < -0.4 is 5.32 Å². The Bertz CT molecular complexity index is 815. The standard InChI is InChI=1S/C20H29N5OS/c1-13-8-14-11-21-19(23-16-4-6-25(27-3)7-5-16)24-17(14)18(22-13)15-9-20(2,10-15)12-26/h8,11,15-16,26H,4-7,9-10,12H2,1-3H3,(H,21,23,24). The van der Waals surface area contributed by atoms with Crippen LogP contribution in [0.4, 0.5) is 5.95 Å². The number of aromatic nitrogens is 3. The van der Waals surface area contributed by atoms with E-state index < -0.39 is 0 Å². The molecule has 0 unspecified atom stereocenters. The molecule has 0 amide bonds. The van der Waals surface area contributed by atoms with E-state index in [9.17, 15) is 5.11 Å². The van der Waals surface area contributed by atoms with E-state index in [0.717, 1.165) is 61.1 Å². The molecule has 2 aromatic heterocycles. The third-order valence-corrected chi connectivity index (χ3v) is 6.89. The van der Waals surface area contributed by atoms with Gasteiger partial charge in [0.25, 0.3) is 0 Å². The smallest absolute Gasteiger partial charge is 0.223 e. The van der Waals surface area contributed by atoms with E-state index in [1.165, 1.54) is 0 Å². The molecule has 1 saturated carbocycles. The molecule has 27 heavy (non-hydrogen) atoms. The van der Waals surface area contributed by atoms with Crippen LogP contribution in [0, 0.1) is 12.3 Å². The minimum Gasteiger partial charge on any atom is -0.396 e. The Morgan fingerprint density at radius 3 is 2.70 bits per heavy atom. The lowest BCUT2D eigenvalue weighted by molar-refractivity contribution is 0.0425. The Kier molecular flexibility index (Phi) is 5.27. The van der Waals surface area contributed by atoms with Crippen molar-refractivity contribution in [3.63, 3.8) is 0 Å². The fraction of sp³-hybridized carbons (Fsp3) is 0.650. The van der Waals surface area contributed by atoms with Gasteiger partial charge in [0.15, 0.2) is 0 Å². The fourth-order valence-electron chi connectivity index (χ4n) is 4.37. The number of rotatable bonds is 5. The first-order chi connectivity index (χ1) is 13.0. The van der Waals surface area contributed by atoms with E-state index in [-0.39, 0.29) is 12.0 Å². The molecule has 6 nitrogen and oxygen atoms in total. The Hall–Kier alpha value is -1.44. The average molecular weight is 388 g/mol. The summed E-state index contributed by atoms with van der Waals surface area (Å²) in [6.07, 6.45) is 8.21. The Morgan fingerprint density at radius 2 is 2.04 bits per heavy atom. The van der Waals surface area contributed by atoms with Crippen LogP contribution >= 0.6 is 11.9 Å². The van der Waals surface area contributed by atoms with Gasteiger partial charge in [0.05, 0.1) is 11.2 Å². The van der Waals surface area contributed by atoms with Gasteiger partial charge < -0.3 is 10.4 Å². The molecule has 7 heteroatoms. The first-order valence-electron chi connectivity index (χ1n) is 9.80. The lowest BCUT2D eigenvalue weighted by Crippen LogP contribution is -2.37. The lowest BCUT2D eigenvalue weighted by atomic mass is 9.62. The predicted octanol–water partition coefficient (Wildman–Crippen LogP) is 3.36. The number of aliphatic hydroxyl groups is 1. The van der Waals surface area contributed by atoms with Gasteiger partial charge in [0, 0.05) is 48.9 Å². The summed E-state index contributed by atoms with van der Waals surface area (Å²) in [7, 11) is 0. The monoisotopic (exact) mass is 387 g/mol. The molecule has 1 aliphatic heterocycles. The Labute approximate surface area is 165 Å². The van der Waals surface area contributed by atoms with Crippen molar-refractivity contribution in [3.05, 3.63) is 23.7 Å². The molecule has 0 bridgehead atoms. The summed E-state index contributed by atoms with van der Waals surface area (Å²) in [6.45, 7) is 6.60. The molecule has 2 aromatic rings. The van der Waals surface area contributed by atoms with Crippen molar-refractivity contribution in [2.75, 3.05) is 31.3 Å². The summed E-state index contributed by atoms with van der Waals surface area (Å²) in [5, 5.41) is 14.2. The van der Waals surface area contributed by atoms with Gasteiger partial charge >= 0.3 is 0 Å². The average Bonchev–Trinajstić information content (AvgIpc) is 2.66. The quantitative estimate of drug-likeness (QED) is 0.762. The molecule has 1 aliphatic carbocycles. The van der Waals surface area contributed by atoms with Crippen LogP contribution in [-0.4, -0.2) is 56.4 Å². The van der Waals surface area contributed by atoms with Crippen LogP contribution in [0.3, 0.4) is 0 Å². The van der Waals surface area contributed by atoms with Gasteiger partial charge in [-0.1, -0.05) is 18.9 Å². The minimum absolute atomic E-state index is 0.0296. The molecular weight excluding hydrogens is 358 g/mol. The van der Waals surface area contributed by atoms with Gasteiger partial charge in [-0.2, -0.15) is 0 Å². The maximum absolute atomic E-state index is 9.58. The van der Waals surface area contributed by atoms with Crippen LogP contribution in [0.15, 0.2) is 12.3 Å². The molecule has 2 fully saturated rings. The number of hydrogen-bond acceptors (Lipinski definition) is 7. The van der Waals surface area contributed by atoms with Gasteiger partial charge in [0.2, 0.25) is 5.95 Å². The van der Waals surface area contributed by atoms with Crippen LogP contribution in [0.5, 0.6) is 0 Å². The first-order valence-corrected chi connectivity index (χ1v) is 11.0. The number of anilines is 1. The van der Waals surface area contributed by atoms with E-state index in [1.54, 1.807) is 0 Å². The van der Waals surface area contributed by atoms with E-state index in [2.05, 4.69) is 33.9 Å². The van der Waals surface area contributed by atoms with Gasteiger partial charge in [-0.15, -0.1) is 0 Å². The number of pyridine rings is 1. The maximum atomic E-state index is 9.58. The number of piperidine rings is 1. The predicted molar refractivity (Wildman–Crippen MR) is 111 cm³/mol. The van der Waals surface area contributed by atoms with Gasteiger partial charge in [-0.25, -0.2) is 9.97 Å². The number of nitrogens with one attached hydrogen (secondary N) is 1. The molecule has 2 aliphatic rings. The summed E-state index contributed by atoms with van der Waals surface area (Å²) in [5.74, 6) is 1.08. The summed E-state index contributed by atoms with van der Waals surface area (Å²) in [5.41, 5.74) is 3.06. The summed E-state index contributed by atoms with van der Waals surface area (Å²) in [6, 6.07) is 2.48. The SMILES string of the molecule is CSN1CCC(Nc2ncc3cc(C)nc(C4CC(C)(CO)C4)c3n2)CC1. The third-order valence-electron chi connectivity index (χ3n) is 6.01. The normalized spacial score (nSPS) is 26.9.